The minimum Gasteiger partial charge on any atom is -0.324 e. The van der Waals surface area contributed by atoms with E-state index in [0.29, 0.717) is 11.6 Å². The van der Waals surface area contributed by atoms with Crippen LogP contribution in [0, 0.1) is 5.82 Å². The Bertz CT molecular complexity index is 597. The summed E-state index contributed by atoms with van der Waals surface area (Å²) in [6.45, 7) is 4.95. The number of aromatic nitrogens is 2. The number of hydrogen-bond acceptors (Lipinski definition) is 2. The molecule has 0 aliphatic heterocycles. The predicted molar refractivity (Wildman–Crippen MR) is 79.2 cm³/mol. The second kappa shape index (κ2) is 5.52. The number of benzene rings is 1. The number of hydrogen-bond donors (Lipinski definition) is 1. The highest BCUT2D eigenvalue weighted by Crippen LogP contribution is 2.24. The van der Waals surface area contributed by atoms with Gasteiger partial charge in [0.2, 0.25) is 0 Å². The Labute approximate surface area is 119 Å². The zero-order chi connectivity index (χ0) is 14.1. The molecule has 0 amide bonds. The van der Waals surface area contributed by atoms with Crippen molar-refractivity contribution in [2.75, 3.05) is 0 Å². The van der Waals surface area contributed by atoms with Gasteiger partial charge in [0, 0.05) is 12.1 Å². The van der Waals surface area contributed by atoms with E-state index in [2.05, 4.69) is 28.7 Å². The highest BCUT2D eigenvalue weighted by molar-refractivity contribution is 5.76. The Morgan fingerprint density at radius 1 is 1.35 bits per heavy atom. The molecule has 2 aromatic rings. The number of nitrogens with zero attached hydrogens (tertiary/aromatic N) is 2. The van der Waals surface area contributed by atoms with Gasteiger partial charge in [0.15, 0.2) is 5.82 Å². The SMILES string of the molecule is CC(C)n1c(CNC2CCCC2)nc2c(F)cccc21. The Morgan fingerprint density at radius 2 is 2.10 bits per heavy atom. The molecule has 4 heteroatoms. The lowest BCUT2D eigenvalue weighted by Gasteiger charge is -2.16. The molecule has 1 saturated carbocycles. The highest BCUT2D eigenvalue weighted by Gasteiger charge is 2.18. The van der Waals surface area contributed by atoms with E-state index in [0.717, 1.165) is 17.9 Å². The van der Waals surface area contributed by atoms with Crippen LogP contribution in [0.25, 0.3) is 11.0 Å². The first-order valence-electron chi connectivity index (χ1n) is 7.55. The molecule has 1 aliphatic carbocycles. The third-order valence-electron chi connectivity index (χ3n) is 4.16. The second-order valence-corrected chi connectivity index (χ2v) is 5.96. The van der Waals surface area contributed by atoms with Crippen molar-refractivity contribution >= 4 is 11.0 Å². The maximum absolute atomic E-state index is 13.9. The molecule has 1 N–H and O–H groups in total. The molecule has 0 unspecified atom stereocenters. The standard InChI is InChI=1S/C16H22FN3/c1-11(2)20-14-9-5-8-13(17)16(14)19-15(20)10-18-12-6-3-4-7-12/h5,8-9,11-12,18H,3-4,6-7,10H2,1-2H3. The van der Waals surface area contributed by atoms with Gasteiger partial charge in [0.1, 0.15) is 11.3 Å². The van der Waals surface area contributed by atoms with Gasteiger partial charge in [-0.25, -0.2) is 9.37 Å². The normalized spacial score (nSPS) is 16.6. The predicted octanol–water partition coefficient (Wildman–Crippen LogP) is 3.79. The van der Waals surface area contributed by atoms with Crippen LogP contribution >= 0.6 is 0 Å². The largest absolute Gasteiger partial charge is 0.324 e. The summed E-state index contributed by atoms with van der Waals surface area (Å²) >= 11 is 0. The molecule has 1 heterocycles. The van der Waals surface area contributed by atoms with Gasteiger partial charge < -0.3 is 9.88 Å². The van der Waals surface area contributed by atoms with Crippen LogP contribution in [0.1, 0.15) is 51.4 Å². The lowest BCUT2D eigenvalue weighted by atomic mass is 10.2. The number of halogens is 1. The zero-order valence-corrected chi connectivity index (χ0v) is 12.2. The summed E-state index contributed by atoms with van der Waals surface area (Å²) < 4.78 is 16.0. The zero-order valence-electron chi connectivity index (χ0n) is 12.2. The summed E-state index contributed by atoms with van der Waals surface area (Å²) in [6, 6.07) is 6.06. The van der Waals surface area contributed by atoms with Crippen molar-refractivity contribution in [3.8, 4) is 0 Å². The van der Waals surface area contributed by atoms with Gasteiger partial charge in [-0.1, -0.05) is 18.9 Å². The number of fused-ring (bicyclic) bond motifs is 1. The van der Waals surface area contributed by atoms with Crippen LogP contribution in [0.2, 0.25) is 0 Å². The highest BCUT2D eigenvalue weighted by atomic mass is 19.1. The molecule has 1 fully saturated rings. The fraction of sp³-hybridized carbons (Fsp3) is 0.562. The van der Waals surface area contributed by atoms with E-state index in [1.807, 2.05) is 6.07 Å². The fourth-order valence-electron chi connectivity index (χ4n) is 3.20. The summed E-state index contributed by atoms with van der Waals surface area (Å²) in [5.41, 5.74) is 1.38. The molecule has 3 rings (SSSR count). The molecule has 20 heavy (non-hydrogen) atoms. The Balaban J connectivity index is 1.92. The lowest BCUT2D eigenvalue weighted by Crippen LogP contribution is -2.27. The first kappa shape index (κ1) is 13.6. The van der Waals surface area contributed by atoms with Crippen LogP contribution in [-0.4, -0.2) is 15.6 Å². The Hall–Kier alpha value is -1.42. The number of imidazole rings is 1. The van der Waals surface area contributed by atoms with Crippen molar-refractivity contribution < 1.29 is 4.39 Å². The van der Waals surface area contributed by atoms with Crippen molar-refractivity contribution in [1.82, 2.24) is 14.9 Å². The van der Waals surface area contributed by atoms with Crippen LogP contribution in [-0.2, 0) is 6.54 Å². The minimum atomic E-state index is -0.232. The van der Waals surface area contributed by atoms with E-state index in [-0.39, 0.29) is 11.9 Å². The van der Waals surface area contributed by atoms with Crippen molar-refractivity contribution in [2.24, 2.45) is 0 Å². The van der Waals surface area contributed by atoms with E-state index in [1.54, 1.807) is 6.07 Å². The van der Waals surface area contributed by atoms with Gasteiger partial charge in [0.25, 0.3) is 0 Å². The van der Waals surface area contributed by atoms with Crippen molar-refractivity contribution in [3.05, 3.63) is 29.8 Å². The average molecular weight is 275 g/mol. The van der Waals surface area contributed by atoms with E-state index in [4.69, 9.17) is 0 Å². The molecule has 0 spiro atoms. The average Bonchev–Trinajstić information content (AvgIpc) is 3.03. The number of rotatable bonds is 4. The van der Waals surface area contributed by atoms with Crippen molar-refractivity contribution in [3.63, 3.8) is 0 Å². The van der Waals surface area contributed by atoms with Gasteiger partial charge in [-0.05, 0) is 38.8 Å². The number of para-hydroxylation sites is 1. The van der Waals surface area contributed by atoms with Crippen LogP contribution in [0.3, 0.4) is 0 Å². The first-order chi connectivity index (χ1) is 9.66. The monoisotopic (exact) mass is 275 g/mol. The molecule has 0 radical (unpaired) electrons. The molecule has 0 saturated heterocycles. The summed E-state index contributed by atoms with van der Waals surface area (Å²) in [7, 11) is 0. The van der Waals surface area contributed by atoms with Crippen molar-refractivity contribution in [1.29, 1.82) is 0 Å². The quantitative estimate of drug-likeness (QED) is 0.920. The molecule has 1 aromatic carbocycles. The lowest BCUT2D eigenvalue weighted by molar-refractivity contribution is 0.489. The first-order valence-corrected chi connectivity index (χ1v) is 7.55. The molecular formula is C16H22FN3. The molecule has 0 bridgehead atoms. The topological polar surface area (TPSA) is 29.9 Å². The molecular weight excluding hydrogens is 253 g/mol. The molecule has 1 aromatic heterocycles. The van der Waals surface area contributed by atoms with Gasteiger partial charge in [-0.3, -0.25) is 0 Å². The summed E-state index contributed by atoms with van der Waals surface area (Å²) in [6.07, 6.45) is 5.12. The third kappa shape index (κ3) is 2.44. The van der Waals surface area contributed by atoms with Gasteiger partial charge in [0.05, 0.1) is 12.1 Å². The molecule has 1 aliphatic rings. The van der Waals surface area contributed by atoms with E-state index >= 15 is 0 Å². The van der Waals surface area contributed by atoms with Crippen LogP contribution in [0.15, 0.2) is 18.2 Å². The van der Waals surface area contributed by atoms with Crippen LogP contribution < -0.4 is 5.32 Å². The van der Waals surface area contributed by atoms with Gasteiger partial charge in [-0.2, -0.15) is 0 Å². The van der Waals surface area contributed by atoms with Gasteiger partial charge >= 0.3 is 0 Å². The van der Waals surface area contributed by atoms with Crippen LogP contribution in [0.4, 0.5) is 4.39 Å². The second-order valence-electron chi connectivity index (χ2n) is 5.96. The fourth-order valence-corrected chi connectivity index (χ4v) is 3.20. The summed E-state index contributed by atoms with van der Waals surface area (Å²) in [5.74, 6) is 0.705. The molecule has 0 atom stereocenters. The summed E-state index contributed by atoms with van der Waals surface area (Å²) in [5, 5.41) is 3.57. The smallest absolute Gasteiger partial charge is 0.151 e. The summed E-state index contributed by atoms with van der Waals surface area (Å²) in [4.78, 5) is 4.52. The van der Waals surface area contributed by atoms with E-state index < -0.39 is 0 Å². The third-order valence-corrected chi connectivity index (χ3v) is 4.16. The van der Waals surface area contributed by atoms with E-state index in [1.165, 1.54) is 31.7 Å². The van der Waals surface area contributed by atoms with Crippen LogP contribution in [0.5, 0.6) is 0 Å². The molecule has 108 valence electrons. The maximum Gasteiger partial charge on any atom is 0.151 e. The maximum atomic E-state index is 13.9. The Kier molecular flexibility index (Phi) is 3.74. The van der Waals surface area contributed by atoms with E-state index in [9.17, 15) is 4.39 Å². The number of nitrogens with one attached hydrogen (secondary N) is 1. The van der Waals surface area contributed by atoms with Gasteiger partial charge in [-0.15, -0.1) is 0 Å². The van der Waals surface area contributed by atoms with Crippen molar-refractivity contribution in [2.45, 2.75) is 58.2 Å². The molecule has 3 nitrogen and oxygen atoms in total. The Morgan fingerprint density at radius 3 is 2.80 bits per heavy atom. The minimum absolute atomic E-state index is 0.232.